The Balaban J connectivity index is 1.96. The standard InChI is InChI=1S/C17H20N4O2S/c1-17(2)7-10-11(9-23-17)15(21-3-5-22-6-4-21)20-16-13(10)14(19)12(8-18)24-16/h3-7,9,19H2,1-2H3/p+1. The van der Waals surface area contributed by atoms with Gasteiger partial charge in [-0.15, -0.1) is 0 Å². The number of anilines is 2. The van der Waals surface area contributed by atoms with Gasteiger partial charge in [-0.3, -0.25) is 4.90 Å². The lowest BCUT2D eigenvalue weighted by atomic mass is 9.89. The molecule has 4 heterocycles. The zero-order valence-corrected chi connectivity index (χ0v) is 14.8. The summed E-state index contributed by atoms with van der Waals surface area (Å²) in [5.41, 5.74) is 9.03. The number of thiophene rings is 1. The molecule has 7 heteroatoms. The van der Waals surface area contributed by atoms with Gasteiger partial charge in [0.05, 0.1) is 42.1 Å². The van der Waals surface area contributed by atoms with Crippen LogP contribution >= 0.6 is 11.3 Å². The molecule has 0 spiro atoms. The Morgan fingerprint density at radius 2 is 2.04 bits per heavy atom. The second kappa shape index (κ2) is 5.59. The fraction of sp³-hybridized carbons (Fsp3) is 0.529. The van der Waals surface area contributed by atoms with Crippen LogP contribution in [0.15, 0.2) is 0 Å². The highest BCUT2D eigenvalue weighted by Crippen LogP contribution is 2.41. The summed E-state index contributed by atoms with van der Waals surface area (Å²) in [4.78, 5) is 7.39. The molecule has 1 saturated heterocycles. The number of rotatable bonds is 1. The molecule has 0 unspecified atom stereocenters. The van der Waals surface area contributed by atoms with Gasteiger partial charge in [-0.05, 0) is 19.4 Å². The van der Waals surface area contributed by atoms with E-state index in [1.165, 1.54) is 16.9 Å². The lowest BCUT2D eigenvalue weighted by Gasteiger charge is -2.33. The predicted molar refractivity (Wildman–Crippen MR) is 93.1 cm³/mol. The average molecular weight is 345 g/mol. The van der Waals surface area contributed by atoms with Gasteiger partial charge in [-0.1, -0.05) is 11.3 Å². The Morgan fingerprint density at radius 1 is 1.29 bits per heavy atom. The van der Waals surface area contributed by atoms with Crippen LogP contribution in [0.5, 0.6) is 0 Å². The molecule has 0 aromatic carbocycles. The van der Waals surface area contributed by atoms with Crippen molar-refractivity contribution in [1.29, 1.82) is 5.26 Å². The van der Waals surface area contributed by atoms with E-state index in [1.807, 2.05) is 0 Å². The van der Waals surface area contributed by atoms with Crippen LogP contribution in [-0.2, 0) is 22.5 Å². The molecule has 6 nitrogen and oxygen atoms in total. The van der Waals surface area contributed by atoms with E-state index in [0.29, 0.717) is 17.2 Å². The first-order valence-electron chi connectivity index (χ1n) is 8.16. The van der Waals surface area contributed by atoms with Crippen LogP contribution in [-0.4, -0.2) is 31.9 Å². The molecule has 0 amide bonds. The summed E-state index contributed by atoms with van der Waals surface area (Å²) in [5.74, 6) is 1.09. The third kappa shape index (κ3) is 2.42. The van der Waals surface area contributed by atoms with Crippen molar-refractivity contribution in [2.24, 2.45) is 0 Å². The number of nitrogens with zero attached hydrogens (tertiary/aromatic N) is 2. The van der Waals surface area contributed by atoms with E-state index >= 15 is 0 Å². The maximum absolute atomic E-state index is 9.36. The Kier molecular flexibility index (Phi) is 3.64. The summed E-state index contributed by atoms with van der Waals surface area (Å²) in [6.45, 7) is 7.90. The first-order valence-corrected chi connectivity index (χ1v) is 8.97. The Labute approximate surface area is 144 Å². The molecule has 0 saturated carbocycles. The van der Waals surface area contributed by atoms with Crippen LogP contribution in [0, 0.1) is 11.3 Å². The van der Waals surface area contributed by atoms with Crippen LogP contribution in [0.1, 0.15) is 29.9 Å². The van der Waals surface area contributed by atoms with Crippen molar-refractivity contribution < 1.29 is 14.5 Å². The number of nitriles is 1. The van der Waals surface area contributed by atoms with Gasteiger partial charge in [-0.2, -0.15) is 5.26 Å². The van der Waals surface area contributed by atoms with Crippen LogP contribution in [0.4, 0.5) is 11.5 Å². The molecular weight excluding hydrogens is 324 g/mol. The first-order chi connectivity index (χ1) is 11.5. The summed E-state index contributed by atoms with van der Waals surface area (Å²) >= 11 is 1.43. The predicted octanol–water partition coefficient (Wildman–Crippen LogP) is 1.86. The lowest BCUT2D eigenvalue weighted by molar-refractivity contribution is -0.329. The maximum atomic E-state index is 9.36. The van der Waals surface area contributed by atoms with E-state index in [0.717, 1.165) is 54.3 Å². The van der Waals surface area contributed by atoms with E-state index in [1.54, 1.807) is 0 Å². The highest BCUT2D eigenvalue weighted by Gasteiger charge is 2.36. The normalized spacial score (nSPS) is 20.0. The summed E-state index contributed by atoms with van der Waals surface area (Å²) in [7, 11) is 0. The molecular formula is C17H21N4O2S+. The lowest BCUT2D eigenvalue weighted by Crippen LogP contribution is -2.42. The van der Waals surface area contributed by atoms with Gasteiger partial charge in [0.2, 0.25) is 0 Å². The molecule has 0 radical (unpaired) electrons. The molecule has 0 bridgehead atoms. The largest absolute Gasteiger partial charge is 0.396 e. The zero-order chi connectivity index (χ0) is 16.9. The molecule has 2 aromatic rings. The van der Waals surface area contributed by atoms with Crippen molar-refractivity contribution in [2.45, 2.75) is 32.5 Å². The number of pyridine rings is 1. The van der Waals surface area contributed by atoms with Gasteiger partial charge in [0, 0.05) is 6.42 Å². The smallest absolute Gasteiger partial charge is 0.281 e. The summed E-state index contributed by atoms with van der Waals surface area (Å²) in [6, 6.07) is 2.22. The number of hydrogen-bond acceptors (Lipinski definition) is 6. The van der Waals surface area contributed by atoms with Crippen LogP contribution < -0.4 is 15.6 Å². The van der Waals surface area contributed by atoms with Crippen molar-refractivity contribution in [3.05, 3.63) is 16.0 Å². The Bertz CT molecular complexity index is 847. The summed E-state index contributed by atoms with van der Waals surface area (Å²) < 4.78 is 11.5. The van der Waals surface area contributed by atoms with E-state index in [2.05, 4.69) is 29.8 Å². The minimum atomic E-state index is -0.231. The van der Waals surface area contributed by atoms with Gasteiger partial charge >= 0.3 is 0 Å². The number of hydrogen-bond donors (Lipinski definition) is 1. The molecule has 4 rings (SSSR count). The number of aromatic nitrogens is 1. The van der Waals surface area contributed by atoms with Gasteiger partial charge in [0.15, 0.2) is 4.83 Å². The number of fused-ring (bicyclic) bond motifs is 3. The number of nitrogen functional groups attached to an aromatic ring is 1. The van der Waals surface area contributed by atoms with Crippen molar-refractivity contribution >= 4 is 33.1 Å². The monoisotopic (exact) mass is 345 g/mol. The van der Waals surface area contributed by atoms with E-state index < -0.39 is 0 Å². The van der Waals surface area contributed by atoms with E-state index in [4.69, 9.17) is 15.2 Å². The molecule has 2 aromatic heterocycles. The number of aromatic amines is 1. The molecule has 24 heavy (non-hydrogen) atoms. The average Bonchev–Trinajstić information content (AvgIpc) is 2.90. The van der Waals surface area contributed by atoms with Gasteiger partial charge in [0.25, 0.3) is 5.82 Å². The number of nitrogens with one attached hydrogen (secondary N) is 1. The minimum absolute atomic E-state index is 0.231. The third-order valence-electron chi connectivity index (χ3n) is 4.77. The molecule has 1 fully saturated rings. The van der Waals surface area contributed by atoms with Gasteiger partial charge < -0.3 is 15.2 Å². The topological polar surface area (TPSA) is 85.7 Å². The second-order valence-electron chi connectivity index (χ2n) is 6.92. The second-order valence-corrected chi connectivity index (χ2v) is 7.94. The minimum Gasteiger partial charge on any atom is -0.396 e. The van der Waals surface area contributed by atoms with Crippen molar-refractivity contribution in [2.75, 3.05) is 36.9 Å². The first kappa shape index (κ1) is 15.6. The van der Waals surface area contributed by atoms with Crippen LogP contribution in [0.2, 0.25) is 0 Å². The van der Waals surface area contributed by atoms with Crippen LogP contribution in [0.25, 0.3) is 10.2 Å². The number of nitrogens with two attached hydrogens (primary N) is 1. The molecule has 0 aliphatic carbocycles. The van der Waals surface area contributed by atoms with E-state index in [9.17, 15) is 5.26 Å². The fourth-order valence-corrected chi connectivity index (χ4v) is 4.49. The number of H-pyrrole nitrogens is 1. The molecule has 2 aliphatic heterocycles. The summed E-state index contributed by atoms with van der Waals surface area (Å²) in [6.07, 6.45) is 0.788. The zero-order valence-electron chi connectivity index (χ0n) is 13.9. The van der Waals surface area contributed by atoms with Crippen LogP contribution in [0.3, 0.4) is 0 Å². The third-order valence-corrected chi connectivity index (χ3v) is 5.79. The molecule has 126 valence electrons. The molecule has 3 N–H and O–H groups in total. The summed E-state index contributed by atoms with van der Waals surface area (Å²) in [5, 5.41) is 10.4. The number of ether oxygens (including phenoxy) is 2. The SMILES string of the molecule is CC1(C)Cc2c(c(N3CCOCC3)[nH+]c3sc(C#N)c(N)c23)CO1. The fourth-order valence-electron chi connectivity index (χ4n) is 3.54. The molecule has 0 atom stereocenters. The molecule has 2 aliphatic rings. The Morgan fingerprint density at radius 3 is 2.75 bits per heavy atom. The van der Waals surface area contributed by atoms with Crippen molar-refractivity contribution in [3.63, 3.8) is 0 Å². The van der Waals surface area contributed by atoms with Crippen molar-refractivity contribution in [3.8, 4) is 6.07 Å². The van der Waals surface area contributed by atoms with Gasteiger partial charge in [-0.25, -0.2) is 4.98 Å². The van der Waals surface area contributed by atoms with Gasteiger partial charge in [0.1, 0.15) is 24.0 Å². The quantitative estimate of drug-likeness (QED) is 0.852. The number of morpholine rings is 1. The maximum Gasteiger partial charge on any atom is 0.281 e. The Hall–Kier alpha value is -1.88. The highest BCUT2D eigenvalue weighted by atomic mass is 32.1. The van der Waals surface area contributed by atoms with Crippen molar-refractivity contribution in [1.82, 2.24) is 0 Å². The highest BCUT2D eigenvalue weighted by molar-refractivity contribution is 7.19. The van der Waals surface area contributed by atoms with E-state index in [-0.39, 0.29) is 5.60 Å².